The summed E-state index contributed by atoms with van der Waals surface area (Å²) in [6, 6.07) is 2.91. The van der Waals surface area contributed by atoms with Crippen molar-refractivity contribution in [2.45, 2.75) is 37.5 Å². The molecule has 0 saturated heterocycles. The monoisotopic (exact) mass is 305 g/mol. The summed E-state index contributed by atoms with van der Waals surface area (Å²) in [4.78, 5) is 14.7. The summed E-state index contributed by atoms with van der Waals surface area (Å²) in [7, 11) is 0. The number of halogens is 3. The summed E-state index contributed by atoms with van der Waals surface area (Å²) in [5.74, 6) is -0.993. The molecule has 21 heavy (non-hydrogen) atoms. The maximum atomic E-state index is 12.2. The number of aliphatic hydroxyl groups excluding tert-OH is 1. The van der Waals surface area contributed by atoms with E-state index in [9.17, 15) is 18.0 Å². The largest absolute Gasteiger partial charge is 0.477 e. The molecule has 0 aliphatic heterocycles. The second kappa shape index (κ2) is 5.88. The van der Waals surface area contributed by atoms with E-state index in [-0.39, 0.29) is 17.5 Å². The average Bonchev–Trinajstić information content (AvgIpc) is 3.21. The number of aromatic nitrogens is 1. The van der Waals surface area contributed by atoms with Crippen molar-refractivity contribution in [2.24, 2.45) is 0 Å². The van der Waals surface area contributed by atoms with E-state index in [0.29, 0.717) is 5.56 Å². The molecule has 1 atom stereocenters. The first-order valence-corrected chi connectivity index (χ1v) is 6.41. The van der Waals surface area contributed by atoms with E-state index in [0.717, 1.165) is 12.8 Å². The van der Waals surface area contributed by atoms with Crippen LogP contribution in [0.15, 0.2) is 12.1 Å². The summed E-state index contributed by atoms with van der Waals surface area (Å²) >= 11 is 0. The van der Waals surface area contributed by atoms with Gasteiger partial charge in [0.25, 0.3) is 0 Å². The standard InChI is InChI=1S/C13H14F3NO4/c14-13(15,16)10(18)5-6-21-11-8(7-1-2-7)3-4-9(17-11)12(19)20/h3-4,7,10,18H,1-2,5-6H2,(H,19,20). The normalized spacial score (nSPS) is 16.6. The number of rotatable bonds is 6. The van der Waals surface area contributed by atoms with Crippen LogP contribution in [0.3, 0.4) is 0 Å². The van der Waals surface area contributed by atoms with Gasteiger partial charge < -0.3 is 14.9 Å². The fourth-order valence-electron chi connectivity index (χ4n) is 1.82. The van der Waals surface area contributed by atoms with E-state index in [1.54, 1.807) is 6.07 Å². The van der Waals surface area contributed by atoms with E-state index in [1.165, 1.54) is 6.07 Å². The molecule has 1 aromatic heterocycles. The molecule has 0 spiro atoms. The minimum atomic E-state index is -4.70. The quantitative estimate of drug-likeness (QED) is 0.843. The van der Waals surface area contributed by atoms with Crippen LogP contribution in [0.5, 0.6) is 5.88 Å². The highest BCUT2D eigenvalue weighted by atomic mass is 19.4. The van der Waals surface area contributed by atoms with Crippen LogP contribution in [0.25, 0.3) is 0 Å². The number of alkyl halides is 3. The van der Waals surface area contributed by atoms with Gasteiger partial charge in [0, 0.05) is 12.0 Å². The van der Waals surface area contributed by atoms with Crippen molar-refractivity contribution < 1.29 is 32.9 Å². The molecule has 1 aliphatic rings. The number of pyridine rings is 1. The third kappa shape index (κ3) is 4.07. The Labute approximate surface area is 118 Å². The third-order valence-electron chi connectivity index (χ3n) is 3.13. The van der Waals surface area contributed by atoms with Crippen molar-refractivity contribution in [2.75, 3.05) is 6.61 Å². The van der Waals surface area contributed by atoms with Crippen LogP contribution in [0.4, 0.5) is 13.2 Å². The topological polar surface area (TPSA) is 79.7 Å². The lowest BCUT2D eigenvalue weighted by atomic mass is 10.1. The van der Waals surface area contributed by atoms with E-state index < -0.39 is 31.3 Å². The van der Waals surface area contributed by atoms with Crippen molar-refractivity contribution in [3.05, 3.63) is 23.4 Å². The van der Waals surface area contributed by atoms with Gasteiger partial charge in [-0.05, 0) is 24.8 Å². The minimum Gasteiger partial charge on any atom is -0.477 e. The highest BCUT2D eigenvalue weighted by Gasteiger charge is 2.38. The molecule has 0 radical (unpaired) electrons. The van der Waals surface area contributed by atoms with Crippen LogP contribution in [-0.2, 0) is 0 Å². The number of carbonyl (C=O) groups is 1. The second-order valence-electron chi connectivity index (χ2n) is 4.86. The number of hydrogen-bond acceptors (Lipinski definition) is 4. The summed E-state index contributed by atoms with van der Waals surface area (Å²) in [5, 5.41) is 17.7. The van der Waals surface area contributed by atoms with Crippen LogP contribution >= 0.6 is 0 Å². The zero-order valence-electron chi connectivity index (χ0n) is 10.9. The molecule has 116 valence electrons. The molecule has 0 bridgehead atoms. The summed E-state index contributed by atoms with van der Waals surface area (Å²) < 4.78 is 41.7. The van der Waals surface area contributed by atoms with E-state index in [1.807, 2.05) is 0 Å². The lowest BCUT2D eigenvalue weighted by Gasteiger charge is -2.15. The van der Waals surface area contributed by atoms with Gasteiger partial charge in [0.15, 0.2) is 11.8 Å². The lowest BCUT2D eigenvalue weighted by Crippen LogP contribution is -2.30. The first-order chi connectivity index (χ1) is 9.79. The van der Waals surface area contributed by atoms with Gasteiger partial charge in [0.2, 0.25) is 5.88 Å². The minimum absolute atomic E-state index is 0.0341. The molecular weight excluding hydrogens is 291 g/mol. The van der Waals surface area contributed by atoms with Crippen molar-refractivity contribution in [1.82, 2.24) is 4.98 Å². The molecule has 1 unspecified atom stereocenters. The molecule has 1 aliphatic carbocycles. The Hall–Kier alpha value is -1.83. The lowest BCUT2D eigenvalue weighted by molar-refractivity contribution is -0.206. The molecule has 8 heteroatoms. The molecule has 2 N–H and O–H groups in total. The molecule has 1 saturated carbocycles. The number of nitrogens with zero attached hydrogens (tertiary/aromatic N) is 1. The number of hydrogen-bond donors (Lipinski definition) is 2. The fraction of sp³-hybridized carbons (Fsp3) is 0.538. The first-order valence-electron chi connectivity index (χ1n) is 6.41. The average molecular weight is 305 g/mol. The van der Waals surface area contributed by atoms with Crippen LogP contribution in [0.1, 0.15) is 41.2 Å². The van der Waals surface area contributed by atoms with Crippen LogP contribution < -0.4 is 4.74 Å². The molecule has 0 aromatic carbocycles. The Kier molecular flexibility index (Phi) is 4.36. The number of aromatic carboxylic acids is 1. The molecular formula is C13H14F3NO4. The van der Waals surface area contributed by atoms with Gasteiger partial charge >= 0.3 is 12.1 Å². The van der Waals surface area contributed by atoms with E-state index >= 15 is 0 Å². The molecule has 1 aromatic rings. The highest BCUT2D eigenvalue weighted by molar-refractivity contribution is 5.85. The maximum Gasteiger partial charge on any atom is 0.414 e. The molecule has 2 rings (SSSR count). The first kappa shape index (κ1) is 15.6. The predicted molar refractivity (Wildman–Crippen MR) is 65.3 cm³/mol. The van der Waals surface area contributed by atoms with Gasteiger partial charge in [0.1, 0.15) is 0 Å². The van der Waals surface area contributed by atoms with Gasteiger partial charge in [-0.15, -0.1) is 0 Å². The SMILES string of the molecule is O=C(O)c1ccc(C2CC2)c(OCCC(O)C(F)(F)F)n1. The molecule has 5 nitrogen and oxygen atoms in total. The summed E-state index contributed by atoms with van der Waals surface area (Å²) in [6.07, 6.45) is -5.97. The second-order valence-corrected chi connectivity index (χ2v) is 4.86. The fourth-order valence-corrected chi connectivity index (χ4v) is 1.82. The Morgan fingerprint density at radius 3 is 2.62 bits per heavy atom. The predicted octanol–water partition coefficient (Wildman–Crippen LogP) is 2.35. The van der Waals surface area contributed by atoms with Gasteiger partial charge in [0.05, 0.1) is 6.61 Å². The zero-order chi connectivity index (χ0) is 15.6. The van der Waals surface area contributed by atoms with E-state index in [4.69, 9.17) is 14.9 Å². The van der Waals surface area contributed by atoms with Crippen LogP contribution in [0, 0.1) is 0 Å². The van der Waals surface area contributed by atoms with E-state index in [2.05, 4.69) is 4.98 Å². The summed E-state index contributed by atoms with van der Waals surface area (Å²) in [5.41, 5.74) is 0.465. The molecule has 0 amide bonds. The number of aliphatic hydroxyl groups is 1. The van der Waals surface area contributed by atoms with Crippen molar-refractivity contribution in [1.29, 1.82) is 0 Å². The smallest absolute Gasteiger partial charge is 0.414 e. The van der Waals surface area contributed by atoms with Crippen LogP contribution in [-0.4, -0.2) is 40.1 Å². The summed E-state index contributed by atoms with van der Waals surface area (Å²) in [6.45, 7) is -0.392. The third-order valence-corrected chi connectivity index (χ3v) is 3.13. The molecule has 1 fully saturated rings. The Morgan fingerprint density at radius 2 is 2.10 bits per heavy atom. The van der Waals surface area contributed by atoms with Gasteiger partial charge in [-0.2, -0.15) is 13.2 Å². The highest BCUT2D eigenvalue weighted by Crippen LogP contribution is 2.43. The molecule has 1 heterocycles. The number of carboxylic acids is 1. The van der Waals surface area contributed by atoms with Gasteiger partial charge in [-0.1, -0.05) is 6.07 Å². The Morgan fingerprint density at radius 1 is 1.43 bits per heavy atom. The Bertz CT molecular complexity index is 529. The zero-order valence-corrected chi connectivity index (χ0v) is 10.9. The Balaban J connectivity index is 2.04. The van der Waals surface area contributed by atoms with Crippen molar-refractivity contribution >= 4 is 5.97 Å². The van der Waals surface area contributed by atoms with Crippen molar-refractivity contribution in [3.8, 4) is 5.88 Å². The van der Waals surface area contributed by atoms with Gasteiger partial charge in [-0.3, -0.25) is 0 Å². The number of carboxylic acid groups (broad SMARTS) is 1. The maximum absolute atomic E-state index is 12.2. The van der Waals surface area contributed by atoms with Crippen molar-refractivity contribution in [3.63, 3.8) is 0 Å². The van der Waals surface area contributed by atoms with Crippen LogP contribution in [0.2, 0.25) is 0 Å². The van der Waals surface area contributed by atoms with Gasteiger partial charge in [-0.25, -0.2) is 9.78 Å². The number of ether oxygens (including phenoxy) is 1.